The van der Waals surface area contributed by atoms with Crippen molar-refractivity contribution >= 4 is 17.9 Å². The largest absolute Gasteiger partial charge is 0.493 e. The van der Waals surface area contributed by atoms with E-state index in [1.165, 1.54) is 43.3 Å². The summed E-state index contributed by atoms with van der Waals surface area (Å²) in [6.45, 7) is 0.124. The Labute approximate surface area is 166 Å². The second-order valence-corrected chi connectivity index (χ2v) is 6.19. The molecule has 2 amide bonds. The lowest BCUT2D eigenvalue weighted by Crippen LogP contribution is -2.30. The van der Waals surface area contributed by atoms with Crippen molar-refractivity contribution in [3.05, 3.63) is 64.2 Å². The van der Waals surface area contributed by atoms with E-state index in [4.69, 9.17) is 9.47 Å². The van der Waals surface area contributed by atoms with Gasteiger partial charge >= 0.3 is 12.2 Å². The molecule has 10 heteroatoms. The third-order valence-electron chi connectivity index (χ3n) is 3.88. The predicted molar refractivity (Wildman–Crippen MR) is 103 cm³/mol. The summed E-state index contributed by atoms with van der Waals surface area (Å²) >= 11 is 0. The lowest BCUT2D eigenvalue weighted by molar-refractivity contribution is -0.384. The molecule has 0 fully saturated rings. The van der Waals surface area contributed by atoms with Crippen LogP contribution in [0.5, 0.6) is 11.5 Å². The molecule has 0 saturated carbocycles. The smallest absolute Gasteiger partial charge is 0.414 e. The molecule has 0 heterocycles. The first-order valence-electron chi connectivity index (χ1n) is 8.62. The average molecular weight is 403 g/mol. The molecule has 154 valence electrons. The van der Waals surface area contributed by atoms with Crippen molar-refractivity contribution < 1.29 is 29.1 Å². The van der Waals surface area contributed by atoms with Crippen LogP contribution in [0.2, 0.25) is 0 Å². The van der Waals surface area contributed by atoms with Gasteiger partial charge in [0.1, 0.15) is 11.5 Å². The van der Waals surface area contributed by atoms with Crippen LogP contribution in [0.25, 0.3) is 0 Å². The molecule has 29 heavy (non-hydrogen) atoms. The first kappa shape index (κ1) is 21.5. The van der Waals surface area contributed by atoms with Crippen LogP contribution in [0.1, 0.15) is 18.0 Å². The first-order chi connectivity index (χ1) is 13.8. The molecule has 2 aromatic carbocycles. The second kappa shape index (κ2) is 9.93. The number of nitrogens with zero attached hydrogens (tertiary/aromatic N) is 2. The number of rotatable bonds is 8. The minimum absolute atomic E-state index is 0.0561. The number of benzene rings is 2. The van der Waals surface area contributed by atoms with Crippen molar-refractivity contribution in [1.29, 1.82) is 0 Å². The molecular weight excluding hydrogens is 382 g/mol. The zero-order chi connectivity index (χ0) is 21.4. The van der Waals surface area contributed by atoms with E-state index in [1.807, 2.05) is 0 Å². The van der Waals surface area contributed by atoms with E-state index >= 15 is 0 Å². The van der Waals surface area contributed by atoms with Gasteiger partial charge in [0.15, 0.2) is 0 Å². The first-order valence-corrected chi connectivity index (χ1v) is 8.62. The minimum Gasteiger partial charge on any atom is -0.493 e. The maximum atomic E-state index is 11.9. The lowest BCUT2D eigenvalue weighted by atomic mass is 10.0. The molecule has 1 atom stereocenters. The van der Waals surface area contributed by atoms with Gasteiger partial charge in [-0.05, 0) is 18.2 Å². The molecule has 1 unspecified atom stereocenters. The molecule has 0 aliphatic carbocycles. The van der Waals surface area contributed by atoms with E-state index < -0.39 is 23.2 Å². The van der Waals surface area contributed by atoms with Crippen molar-refractivity contribution in [3.63, 3.8) is 0 Å². The van der Waals surface area contributed by atoms with E-state index in [0.717, 1.165) is 0 Å². The van der Waals surface area contributed by atoms with Crippen LogP contribution >= 0.6 is 0 Å². The fourth-order valence-corrected chi connectivity index (χ4v) is 2.46. The van der Waals surface area contributed by atoms with E-state index in [1.54, 1.807) is 24.3 Å². The van der Waals surface area contributed by atoms with Crippen LogP contribution in [0.4, 0.5) is 15.3 Å². The Bertz CT molecular complexity index is 868. The Morgan fingerprint density at radius 1 is 1.17 bits per heavy atom. The van der Waals surface area contributed by atoms with Crippen molar-refractivity contribution in [1.82, 2.24) is 10.2 Å². The number of hydrogen-bond acceptors (Lipinski definition) is 6. The highest BCUT2D eigenvalue weighted by atomic mass is 16.6. The maximum absolute atomic E-state index is 11.9. The number of hydrogen-bond donors (Lipinski definition) is 2. The predicted octanol–water partition coefficient (Wildman–Crippen LogP) is 3.43. The van der Waals surface area contributed by atoms with E-state index in [2.05, 4.69) is 5.32 Å². The lowest BCUT2D eigenvalue weighted by Gasteiger charge is -2.21. The number of ether oxygens (including phenoxy) is 2. The summed E-state index contributed by atoms with van der Waals surface area (Å²) in [5.74, 6) is 0.650. The quantitative estimate of drug-likeness (QED) is 0.510. The minimum atomic E-state index is -1.24. The molecule has 10 nitrogen and oxygen atoms in total. The van der Waals surface area contributed by atoms with Gasteiger partial charge in [0, 0.05) is 38.2 Å². The van der Waals surface area contributed by atoms with Crippen LogP contribution in [-0.2, 0) is 0 Å². The molecule has 0 aliphatic rings. The third-order valence-corrected chi connectivity index (χ3v) is 3.88. The van der Waals surface area contributed by atoms with Crippen LogP contribution in [0, 0.1) is 10.1 Å². The summed E-state index contributed by atoms with van der Waals surface area (Å²) < 4.78 is 10.9. The molecule has 2 rings (SSSR count). The molecule has 0 aromatic heterocycles. The molecule has 0 aliphatic heterocycles. The highest BCUT2D eigenvalue weighted by Gasteiger charge is 2.20. The van der Waals surface area contributed by atoms with Gasteiger partial charge in [-0.2, -0.15) is 0 Å². The van der Waals surface area contributed by atoms with Gasteiger partial charge in [-0.15, -0.1) is 0 Å². The van der Waals surface area contributed by atoms with Crippen LogP contribution in [-0.4, -0.2) is 47.8 Å². The summed E-state index contributed by atoms with van der Waals surface area (Å²) in [7, 11) is 3.08. The summed E-state index contributed by atoms with van der Waals surface area (Å²) in [6, 6.07) is 11.5. The van der Waals surface area contributed by atoms with Gasteiger partial charge in [-0.3, -0.25) is 10.1 Å². The van der Waals surface area contributed by atoms with Gasteiger partial charge in [0.2, 0.25) is 0 Å². The summed E-state index contributed by atoms with van der Waals surface area (Å²) in [6.07, 6.45) is -1.59. The standard InChI is InChI=1S/C19H21N3O7/c1-21(2)19(25)29-17-6-4-3-5-15(17)16(20-18(23)24)11-12-28-14-9-7-13(8-10-14)22(26)27/h3-10,16,20H,11-12H2,1-2H3,(H,23,24). The number of nitro groups is 1. The van der Waals surface area contributed by atoms with Crippen LogP contribution in [0.15, 0.2) is 48.5 Å². The van der Waals surface area contributed by atoms with Crippen LogP contribution < -0.4 is 14.8 Å². The highest BCUT2D eigenvalue weighted by Crippen LogP contribution is 2.28. The second-order valence-electron chi connectivity index (χ2n) is 6.19. The molecule has 2 aromatic rings. The van der Waals surface area contributed by atoms with E-state index in [9.17, 15) is 24.8 Å². The number of nitro benzene ring substituents is 1. The van der Waals surface area contributed by atoms with Crippen molar-refractivity contribution in [2.75, 3.05) is 20.7 Å². The number of carbonyl (C=O) groups excluding carboxylic acids is 1. The number of carbonyl (C=O) groups is 2. The molecular formula is C19H21N3O7. The Balaban J connectivity index is 2.10. The Morgan fingerprint density at radius 2 is 1.83 bits per heavy atom. The third kappa shape index (κ3) is 6.38. The van der Waals surface area contributed by atoms with E-state index in [-0.39, 0.29) is 24.5 Å². The number of para-hydroxylation sites is 1. The molecule has 2 N–H and O–H groups in total. The van der Waals surface area contributed by atoms with Crippen molar-refractivity contribution in [3.8, 4) is 11.5 Å². The van der Waals surface area contributed by atoms with Crippen molar-refractivity contribution in [2.24, 2.45) is 0 Å². The van der Waals surface area contributed by atoms with Crippen LogP contribution in [0.3, 0.4) is 0 Å². The normalized spacial score (nSPS) is 11.2. The topological polar surface area (TPSA) is 131 Å². The summed E-state index contributed by atoms with van der Waals surface area (Å²) in [4.78, 5) is 34.5. The van der Waals surface area contributed by atoms with Crippen molar-refractivity contribution in [2.45, 2.75) is 12.5 Å². The molecule has 0 radical (unpaired) electrons. The number of amides is 2. The summed E-state index contributed by atoms with van der Waals surface area (Å²) in [5, 5.41) is 22.3. The monoisotopic (exact) mass is 403 g/mol. The maximum Gasteiger partial charge on any atom is 0.414 e. The molecule has 0 bridgehead atoms. The van der Waals surface area contributed by atoms with Gasteiger partial charge in [0.05, 0.1) is 17.6 Å². The fourth-order valence-electron chi connectivity index (χ4n) is 2.46. The zero-order valence-corrected chi connectivity index (χ0v) is 15.9. The number of carboxylic acid groups (broad SMARTS) is 1. The zero-order valence-electron chi connectivity index (χ0n) is 15.9. The Kier molecular flexibility index (Phi) is 7.35. The highest BCUT2D eigenvalue weighted by molar-refractivity contribution is 5.71. The fraction of sp³-hybridized carbons (Fsp3) is 0.263. The molecule has 0 saturated heterocycles. The van der Waals surface area contributed by atoms with Gasteiger partial charge in [-0.1, -0.05) is 18.2 Å². The number of nitrogens with one attached hydrogen (secondary N) is 1. The SMILES string of the molecule is CN(C)C(=O)Oc1ccccc1C(CCOc1ccc([N+](=O)[O-])cc1)NC(=O)O. The number of non-ortho nitro benzene ring substituents is 1. The average Bonchev–Trinajstić information content (AvgIpc) is 2.67. The Hall–Kier alpha value is -3.82. The summed E-state index contributed by atoms with van der Waals surface area (Å²) in [5.41, 5.74) is 0.428. The Morgan fingerprint density at radius 3 is 2.41 bits per heavy atom. The van der Waals surface area contributed by atoms with Gasteiger partial charge in [-0.25, -0.2) is 9.59 Å². The van der Waals surface area contributed by atoms with Gasteiger partial charge in [0.25, 0.3) is 5.69 Å². The molecule has 0 spiro atoms. The van der Waals surface area contributed by atoms with E-state index in [0.29, 0.717) is 11.3 Å². The van der Waals surface area contributed by atoms with Gasteiger partial charge < -0.3 is 24.8 Å².